The van der Waals surface area contributed by atoms with Gasteiger partial charge in [0.25, 0.3) is 0 Å². The molecule has 2 nitrogen and oxygen atoms in total. The van der Waals surface area contributed by atoms with E-state index < -0.39 is 0 Å². The summed E-state index contributed by atoms with van der Waals surface area (Å²) >= 11 is 11.8. The SMILES string of the molecule is Cc1ccc(Cl)c(Oc2ncc(CCl)cc2C)c1. The molecule has 0 amide bonds. The van der Waals surface area contributed by atoms with Crippen LogP contribution in [0.25, 0.3) is 0 Å². The largest absolute Gasteiger partial charge is 0.437 e. The minimum atomic E-state index is 0.444. The zero-order valence-corrected chi connectivity index (χ0v) is 11.7. The Balaban J connectivity index is 2.31. The third kappa shape index (κ3) is 2.95. The van der Waals surface area contributed by atoms with Crippen molar-refractivity contribution in [2.24, 2.45) is 0 Å². The Morgan fingerprint density at radius 1 is 1.22 bits per heavy atom. The predicted octanol–water partition coefficient (Wildman–Crippen LogP) is 4.88. The van der Waals surface area contributed by atoms with Crippen LogP contribution in [-0.2, 0) is 5.88 Å². The van der Waals surface area contributed by atoms with Gasteiger partial charge in [-0.3, -0.25) is 0 Å². The van der Waals surface area contributed by atoms with Crippen LogP contribution >= 0.6 is 23.2 Å². The van der Waals surface area contributed by atoms with Crippen LogP contribution in [0.4, 0.5) is 0 Å². The molecular weight excluding hydrogens is 269 g/mol. The monoisotopic (exact) mass is 281 g/mol. The fourth-order valence-corrected chi connectivity index (χ4v) is 1.90. The van der Waals surface area contributed by atoms with Crippen molar-refractivity contribution < 1.29 is 4.74 Å². The van der Waals surface area contributed by atoms with Crippen LogP contribution in [0.5, 0.6) is 11.6 Å². The van der Waals surface area contributed by atoms with Gasteiger partial charge in [0, 0.05) is 17.6 Å². The second-order valence-electron chi connectivity index (χ2n) is 4.14. The summed E-state index contributed by atoms with van der Waals surface area (Å²) in [5.41, 5.74) is 2.99. The van der Waals surface area contributed by atoms with Gasteiger partial charge in [0.05, 0.1) is 5.02 Å². The topological polar surface area (TPSA) is 22.1 Å². The van der Waals surface area contributed by atoms with Gasteiger partial charge in [0.15, 0.2) is 0 Å². The van der Waals surface area contributed by atoms with E-state index in [4.69, 9.17) is 27.9 Å². The molecule has 2 aromatic rings. The number of hydrogen-bond acceptors (Lipinski definition) is 2. The maximum absolute atomic E-state index is 6.08. The normalized spacial score (nSPS) is 10.4. The molecule has 0 saturated heterocycles. The number of benzene rings is 1. The Morgan fingerprint density at radius 3 is 2.67 bits per heavy atom. The van der Waals surface area contributed by atoms with E-state index in [9.17, 15) is 0 Å². The second kappa shape index (κ2) is 5.59. The lowest BCUT2D eigenvalue weighted by atomic mass is 10.2. The van der Waals surface area contributed by atoms with Crippen molar-refractivity contribution in [3.8, 4) is 11.6 Å². The number of aryl methyl sites for hydroxylation is 2. The fraction of sp³-hybridized carbons (Fsp3) is 0.214. The van der Waals surface area contributed by atoms with Gasteiger partial charge >= 0.3 is 0 Å². The minimum Gasteiger partial charge on any atom is -0.437 e. The molecule has 4 heteroatoms. The summed E-state index contributed by atoms with van der Waals surface area (Å²) in [6.45, 7) is 3.92. The highest BCUT2D eigenvalue weighted by Crippen LogP contribution is 2.30. The molecule has 0 saturated carbocycles. The summed E-state index contributed by atoms with van der Waals surface area (Å²) < 4.78 is 5.73. The molecule has 1 aromatic carbocycles. The smallest absolute Gasteiger partial charge is 0.222 e. The molecule has 0 N–H and O–H groups in total. The molecule has 0 unspecified atom stereocenters. The number of alkyl halides is 1. The summed E-state index contributed by atoms with van der Waals surface area (Å²) in [5, 5.41) is 0.572. The molecule has 0 bridgehead atoms. The average molecular weight is 282 g/mol. The van der Waals surface area contributed by atoms with Gasteiger partial charge in [-0.2, -0.15) is 0 Å². The fourth-order valence-electron chi connectivity index (χ4n) is 1.59. The van der Waals surface area contributed by atoms with Crippen molar-refractivity contribution in [2.75, 3.05) is 0 Å². The van der Waals surface area contributed by atoms with Crippen molar-refractivity contribution in [2.45, 2.75) is 19.7 Å². The van der Waals surface area contributed by atoms with Crippen LogP contribution in [0, 0.1) is 13.8 Å². The maximum atomic E-state index is 6.08. The van der Waals surface area contributed by atoms with Gasteiger partial charge in [0.1, 0.15) is 5.75 Å². The van der Waals surface area contributed by atoms with E-state index in [-0.39, 0.29) is 0 Å². The van der Waals surface area contributed by atoms with Crippen LogP contribution < -0.4 is 4.74 Å². The van der Waals surface area contributed by atoms with Crippen LogP contribution in [0.2, 0.25) is 5.02 Å². The number of aromatic nitrogens is 1. The van der Waals surface area contributed by atoms with Gasteiger partial charge in [0.2, 0.25) is 5.88 Å². The van der Waals surface area contributed by atoms with Crippen molar-refractivity contribution >= 4 is 23.2 Å². The molecule has 2 rings (SSSR count). The first-order valence-corrected chi connectivity index (χ1v) is 6.47. The molecule has 0 aliphatic heterocycles. The summed E-state index contributed by atoms with van der Waals surface area (Å²) in [4.78, 5) is 4.25. The molecule has 0 radical (unpaired) electrons. The summed E-state index contributed by atoms with van der Waals surface area (Å²) in [6.07, 6.45) is 1.71. The maximum Gasteiger partial charge on any atom is 0.222 e. The summed E-state index contributed by atoms with van der Waals surface area (Å²) in [6, 6.07) is 7.60. The first-order chi connectivity index (χ1) is 8.60. The van der Waals surface area contributed by atoms with E-state index >= 15 is 0 Å². The lowest BCUT2D eigenvalue weighted by Gasteiger charge is -2.10. The van der Waals surface area contributed by atoms with Gasteiger partial charge in [-0.15, -0.1) is 11.6 Å². The average Bonchev–Trinajstić information content (AvgIpc) is 2.36. The highest BCUT2D eigenvalue weighted by Gasteiger charge is 2.07. The lowest BCUT2D eigenvalue weighted by Crippen LogP contribution is -1.94. The third-order valence-corrected chi connectivity index (χ3v) is 3.16. The zero-order valence-electron chi connectivity index (χ0n) is 10.2. The Labute approximate surface area is 117 Å². The van der Waals surface area contributed by atoms with E-state index in [1.165, 1.54) is 0 Å². The number of rotatable bonds is 3. The van der Waals surface area contributed by atoms with Crippen LogP contribution in [0.3, 0.4) is 0 Å². The number of pyridine rings is 1. The number of halogens is 2. The first-order valence-electron chi connectivity index (χ1n) is 5.55. The lowest BCUT2D eigenvalue weighted by molar-refractivity contribution is 0.458. The van der Waals surface area contributed by atoms with Crippen molar-refractivity contribution in [3.05, 3.63) is 52.2 Å². The molecule has 0 fully saturated rings. The predicted molar refractivity (Wildman–Crippen MR) is 74.8 cm³/mol. The quantitative estimate of drug-likeness (QED) is 0.748. The van der Waals surface area contributed by atoms with E-state index in [1.54, 1.807) is 6.20 Å². The van der Waals surface area contributed by atoms with Gasteiger partial charge in [-0.1, -0.05) is 17.7 Å². The number of ether oxygens (including phenoxy) is 1. The van der Waals surface area contributed by atoms with Gasteiger partial charge in [-0.25, -0.2) is 4.98 Å². The number of nitrogens with zero attached hydrogens (tertiary/aromatic N) is 1. The van der Waals surface area contributed by atoms with Crippen LogP contribution in [0.1, 0.15) is 16.7 Å². The highest BCUT2D eigenvalue weighted by atomic mass is 35.5. The molecule has 0 atom stereocenters. The molecular formula is C14H13Cl2NO. The second-order valence-corrected chi connectivity index (χ2v) is 4.81. The van der Waals surface area contributed by atoms with Crippen molar-refractivity contribution in [3.63, 3.8) is 0 Å². The molecule has 0 spiro atoms. The molecule has 18 heavy (non-hydrogen) atoms. The summed E-state index contributed by atoms with van der Waals surface area (Å²) in [5.74, 6) is 1.61. The van der Waals surface area contributed by atoms with Gasteiger partial charge < -0.3 is 4.74 Å². The van der Waals surface area contributed by atoms with E-state index in [0.29, 0.717) is 22.5 Å². The Morgan fingerprint density at radius 2 is 2.00 bits per heavy atom. The molecule has 1 aromatic heterocycles. The first kappa shape index (κ1) is 13.2. The third-order valence-electron chi connectivity index (χ3n) is 2.53. The van der Waals surface area contributed by atoms with Gasteiger partial charge in [-0.05, 0) is 43.2 Å². The van der Waals surface area contributed by atoms with E-state index in [1.807, 2.05) is 38.1 Å². The van der Waals surface area contributed by atoms with Crippen molar-refractivity contribution in [1.29, 1.82) is 0 Å². The zero-order chi connectivity index (χ0) is 13.1. The van der Waals surface area contributed by atoms with Crippen LogP contribution in [-0.4, -0.2) is 4.98 Å². The van der Waals surface area contributed by atoms with Crippen LogP contribution in [0.15, 0.2) is 30.5 Å². The Kier molecular flexibility index (Phi) is 4.10. The Bertz CT molecular complexity index is 570. The number of hydrogen-bond donors (Lipinski definition) is 0. The highest BCUT2D eigenvalue weighted by molar-refractivity contribution is 6.32. The standard InChI is InChI=1S/C14H13Cl2NO/c1-9-3-4-12(16)13(5-9)18-14-10(2)6-11(7-15)8-17-14/h3-6,8H,7H2,1-2H3. The Hall–Kier alpha value is -1.25. The molecule has 0 aliphatic rings. The van der Waals surface area contributed by atoms with E-state index in [2.05, 4.69) is 4.98 Å². The molecule has 1 heterocycles. The minimum absolute atomic E-state index is 0.444. The summed E-state index contributed by atoms with van der Waals surface area (Å²) in [7, 11) is 0. The molecule has 0 aliphatic carbocycles. The molecule has 94 valence electrons. The van der Waals surface area contributed by atoms with Crippen molar-refractivity contribution in [1.82, 2.24) is 4.98 Å². The van der Waals surface area contributed by atoms with E-state index in [0.717, 1.165) is 16.7 Å².